The lowest BCUT2D eigenvalue weighted by atomic mass is 10.0. The molecule has 2 aliphatic rings. The molecule has 42 heavy (non-hydrogen) atoms. The van der Waals surface area contributed by atoms with Crippen molar-refractivity contribution < 1.29 is 13.2 Å². The Kier molecular flexibility index (Phi) is 8.41. The van der Waals surface area contributed by atoms with E-state index in [-0.39, 0.29) is 20.6 Å². The quantitative estimate of drug-likeness (QED) is 0.234. The van der Waals surface area contributed by atoms with Gasteiger partial charge in [0, 0.05) is 22.7 Å². The number of thioether (sulfide) groups is 1. The number of hydrogen-bond acceptors (Lipinski definition) is 5. The molecule has 0 atom stereocenters. The van der Waals surface area contributed by atoms with Crippen molar-refractivity contribution in [2.75, 3.05) is 5.32 Å². The van der Waals surface area contributed by atoms with Crippen molar-refractivity contribution in [3.05, 3.63) is 108 Å². The fourth-order valence-corrected chi connectivity index (χ4v) is 8.63. The Balaban J connectivity index is 1.08. The summed E-state index contributed by atoms with van der Waals surface area (Å²) in [6.45, 7) is 0.317. The lowest BCUT2D eigenvalue weighted by molar-refractivity contribution is 0.0950. The zero-order valence-electron chi connectivity index (χ0n) is 23.6. The number of carbonyl (C=O) groups is 1. The molecule has 0 saturated heterocycles. The third kappa shape index (κ3) is 6.27. The second kappa shape index (κ2) is 12.4. The van der Waals surface area contributed by atoms with Crippen LogP contribution in [0.2, 0.25) is 0 Å². The molecule has 1 fully saturated rings. The smallest absolute Gasteiger partial charge is 0.251 e. The van der Waals surface area contributed by atoms with Crippen LogP contribution in [-0.2, 0) is 16.4 Å². The maximum absolute atomic E-state index is 13.2. The summed E-state index contributed by atoms with van der Waals surface area (Å²) in [6.07, 6.45) is 10.0. The molecule has 1 amide bonds. The van der Waals surface area contributed by atoms with Gasteiger partial charge in [0.1, 0.15) is 0 Å². The maximum Gasteiger partial charge on any atom is 0.251 e. The molecule has 4 aromatic rings. The normalized spacial score (nSPS) is 16.5. The summed E-state index contributed by atoms with van der Waals surface area (Å²) < 4.78 is 26.5. The Morgan fingerprint density at radius 2 is 1.33 bits per heavy atom. The Hall–Kier alpha value is -3.55. The van der Waals surface area contributed by atoms with Crippen LogP contribution in [0.5, 0.6) is 0 Å². The summed E-state index contributed by atoms with van der Waals surface area (Å²) in [6, 6.07) is 29.5. The molecule has 0 aromatic heterocycles. The molecular formula is C35H36N2O3S2. The van der Waals surface area contributed by atoms with Crippen molar-refractivity contribution in [3.8, 4) is 11.1 Å². The molecule has 0 bridgehead atoms. The van der Waals surface area contributed by atoms with E-state index in [0.29, 0.717) is 12.1 Å². The molecule has 1 spiro atoms. The van der Waals surface area contributed by atoms with Crippen molar-refractivity contribution in [1.82, 2.24) is 5.32 Å². The Labute approximate surface area is 253 Å². The van der Waals surface area contributed by atoms with E-state index in [1.54, 1.807) is 36.4 Å². The largest absolute Gasteiger partial charge is 0.369 e. The molecule has 1 saturated carbocycles. The van der Waals surface area contributed by atoms with E-state index in [4.69, 9.17) is 0 Å². The SMILES string of the molecule is O=C(NCc1ccc(S(=O)(=O)c2ccc(-c3ccccc3)cc2)cc1)c1ccc2c(c1)SC1(CCCCCCCC1)N2. The molecule has 1 aliphatic heterocycles. The lowest BCUT2D eigenvalue weighted by Gasteiger charge is -2.29. The fraction of sp³-hybridized carbons (Fsp3) is 0.286. The van der Waals surface area contributed by atoms with E-state index in [2.05, 4.69) is 10.6 Å². The van der Waals surface area contributed by atoms with Gasteiger partial charge in [0.15, 0.2) is 0 Å². The summed E-state index contributed by atoms with van der Waals surface area (Å²) >= 11 is 1.89. The highest BCUT2D eigenvalue weighted by atomic mass is 32.2. The van der Waals surface area contributed by atoms with Gasteiger partial charge in [0.05, 0.1) is 14.7 Å². The van der Waals surface area contributed by atoms with Crippen LogP contribution in [0.1, 0.15) is 67.3 Å². The van der Waals surface area contributed by atoms with Crippen molar-refractivity contribution in [2.45, 2.75) is 77.5 Å². The summed E-state index contributed by atoms with van der Waals surface area (Å²) in [5.74, 6) is -0.135. The number of sulfone groups is 1. The molecule has 216 valence electrons. The minimum absolute atomic E-state index is 0.0494. The highest BCUT2D eigenvalue weighted by molar-refractivity contribution is 8.01. The van der Waals surface area contributed by atoms with Gasteiger partial charge in [0.25, 0.3) is 5.91 Å². The Bertz CT molecular complexity index is 1640. The first-order valence-corrected chi connectivity index (χ1v) is 17.1. The predicted octanol–water partition coefficient (Wildman–Crippen LogP) is 8.46. The van der Waals surface area contributed by atoms with Crippen molar-refractivity contribution in [2.24, 2.45) is 0 Å². The third-order valence-electron chi connectivity index (χ3n) is 8.28. The predicted molar refractivity (Wildman–Crippen MR) is 171 cm³/mol. The topological polar surface area (TPSA) is 75.3 Å². The number of hydrogen-bond donors (Lipinski definition) is 2. The van der Waals surface area contributed by atoms with E-state index in [0.717, 1.165) is 40.1 Å². The van der Waals surface area contributed by atoms with Gasteiger partial charge < -0.3 is 10.6 Å². The van der Waals surface area contributed by atoms with Crippen LogP contribution in [0.3, 0.4) is 0 Å². The standard InChI is InChI=1S/C35H36N2O3S2/c38-34(29-16-21-32-33(24-29)41-35(37-32)22-8-3-1-2-4-9-23-35)36-25-26-12-17-30(18-13-26)42(39,40)31-19-14-28(15-20-31)27-10-6-5-7-11-27/h5-7,10-21,24,37H,1-4,8-9,22-23,25H2,(H,36,38). The minimum Gasteiger partial charge on any atom is -0.369 e. The molecular weight excluding hydrogens is 561 g/mol. The highest BCUT2D eigenvalue weighted by Gasteiger charge is 2.37. The number of anilines is 1. The molecule has 1 aliphatic carbocycles. The van der Waals surface area contributed by atoms with Crippen LogP contribution in [0, 0.1) is 0 Å². The van der Waals surface area contributed by atoms with Gasteiger partial charge in [-0.2, -0.15) is 0 Å². The van der Waals surface area contributed by atoms with Gasteiger partial charge >= 0.3 is 0 Å². The first-order valence-electron chi connectivity index (χ1n) is 14.8. The number of rotatable bonds is 6. The average molecular weight is 597 g/mol. The van der Waals surface area contributed by atoms with Crippen LogP contribution >= 0.6 is 11.8 Å². The fourth-order valence-electron chi connectivity index (χ4n) is 5.88. The van der Waals surface area contributed by atoms with Gasteiger partial charge in [-0.15, -0.1) is 0 Å². The van der Waals surface area contributed by atoms with Crippen LogP contribution in [0.25, 0.3) is 11.1 Å². The van der Waals surface area contributed by atoms with Crippen LogP contribution in [0.4, 0.5) is 5.69 Å². The van der Waals surface area contributed by atoms with Crippen molar-refractivity contribution in [1.29, 1.82) is 0 Å². The number of benzene rings is 4. The molecule has 0 radical (unpaired) electrons. The zero-order chi connectivity index (χ0) is 29.0. The molecule has 1 heterocycles. The maximum atomic E-state index is 13.2. The average Bonchev–Trinajstić information content (AvgIpc) is 3.44. The second-order valence-corrected chi connectivity index (χ2v) is 14.6. The van der Waals surface area contributed by atoms with Gasteiger partial charge in [-0.3, -0.25) is 4.79 Å². The summed E-state index contributed by atoms with van der Waals surface area (Å²) in [5.41, 5.74) is 4.61. The monoisotopic (exact) mass is 596 g/mol. The number of nitrogens with one attached hydrogen (secondary N) is 2. The minimum atomic E-state index is -3.65. The van der Waals surface area contributed by atoms with Crippen LogP contribution in [0.15, 0.2) is 112 Å². The first kappa shape index (κ1) is 28.6. The Morgan fingerprint density at radius 1 is 0.738 bits per heavy atom. The second-order valence-electron chi connectivity index (χ2n) is 11.3. The van der Waals surface area contributed by atoms with Gasteiger partial charge in [-0.1, -0.05) is 105 Å². The first-order chi connectivity index (χ1) is 20.4. The number of amides is 1. The number of fused-ring (bicyclic) bond motifs is 1. The highest BCUT2D eigenvalue weighted by Crippen LogP contribution is 2.51. The van der Waals surface area contributed by atoms with E-state index in [1.807, 2.05) is 72.4 Å². The molecule has 7 heteroatoms. The molecule has 0 unspecified atom stereocenters. The van der Waals surface area contributed by atoms with E-state index < -0.39 is 9.84 Å². The van der Waals surface area contributed by atoms with Crippen LogP contribution < -0.4 is 10.6 Å². The van der Waals surface area contributed by atoms with E-state index >= 15 is 0 Å². The summed E-state index contributed by atoms with van der Waals surface area (Å²) in [4.78, 5) is 14.7. The molecule has 6 rings (SSSR count). The zero-order valence-corrected chi connectivity index (χ0v) is 25.3. The van der Waals surface area contributed by atoms with Crippen molar-refractivity contribution >= 4 is 33.2 Å². The lowest BCUT2D eigenvalue weighted by Crippen LogP contribution is -2.30. The van der Waals surface area contributed by atoms with E-state index in [9.17, 15) is 13.2 Å². The van der Waals surface area contributed by atoms with Gasteiger partial charge in [-0.25, -0.2) is 8.42 Å². The van der Waals surface area contributed by atoms with Gasteiger partial charge in [0.2, 0.25) is 9.84 Å². The van der Waals surface area contributed by atoms with Crippen molar-refractivity contribution in [3.63, 3.8) is 0 Å². The van der Waals surface area contributed by atoms with Gasteiger partial charge in [-0.05, 0) is 72.0 Å². The van der Waals surface area contributed by atoms with Crippen LogP contribution in [-0.4, -0.2) is 19.2 Å². The molecule has 2 N–H and O–H groups in total. The third-order valence-corrected chi connectivity index (χ3v) is 11.5. The molecule has 5 nitrogen and oxygen atoms in total. The summed E-state index contributed by atoms with van der Waals surface area (Å²) in [5, 5.41) is 6.79. The number of carbonyl (C=O) groups excluding carboxylic acids is 1. The Morgan fingerprint density at radius 3 is 2.00 bits per heavy atom. The molecule has 4 aromatic carbocycles. The van der Waals surface area contributed by atoms with E-state index in [1.165, 1.54) is 38.5 Å². The summed E-state index contributed by atoms with van der Waals surface area (Å²) in [7, 11) is -3.65.